The van der Waals surface area contributed by atoms with Crippen LogP contribution in [-0.4, -0.2) is 54.1 Å². The number of aromatic carboxylic acids is 1. The van der Waals surface area contributed by atoms with Crippen molar-refractivity contribution in [3.05, 3.63) is 17.2 Å². The van der Waals surface area contributed by atoms with Crippen molar-refractivity contribution in [2.45, 2.75) is 12.8 Å². The van der Waals surface area contributed by atoms with E-state index >= 15 is 0 Å². The molecule has 0 aromatic carbocycles. The van der Waals surface area contributed by atoms with Gasteiger partial charge in [-0.05, 0) is 18.9 Å². The summed E-state index contributed by atoms with van der Waals surface area (Å²) in [6, 6.07) is 1.32. The van der Waals surface area contributed by atoms with Gasteiger partial charge in [0.2, 0.25) is 0 Å². The van der Waals surface area contributed by atoms with Crippen LogP contribution >= 0.6 is 0 Å². The average molecular weight is 278 g/mol. The predicted molar refractivity (Wildman–Crippen MR) is 75.1 cm³/mol. The second-order valence-electron chi connectivity index (χ2n) is 4.99. The number of carboxylic acid groups (broad SMARTS) is 1. The Kier molecular flexibility index (Phi) is 3.78. The van der Waals surface area contributed by atoms with E-state index in [4.69, 9.17) is 10.8 Å². The van der Waals surface area contributed by atoms with Gasteiger partial charge in [-0.2, -0.15) is 0 Å². The van der Waals surface area contributed by atoms with Crippen LogP contribution in [0.15, 0.2) is 6.07 Å². The molecule has 1 aliphatic heterocycles. The van der Waals surface area contributed by atoms with Crippen molar-refractivity contribution >= 4 is 23.5 Å². The van der Waals surface area contributed by atoms with Crippen molar-refractivity contribution < 1.29 is 14.7 Å². The number of carbonyl (C=O) groups excluding carboxylic acids is 1. The third kappa shape index (κ3) is 2.52. The number of nitrogens with zero attached hydrogens (tertiary/aromatic N) is 3. The Hall–Kier alpha value is -2.31. The summed E-state index contributed by atoms with van der Waals surface area (Å²) in [4.78, 5) is 30.9. The van der Waals surface area contributed by atoms with Crippen molar-refractivity contribution in [1.82, 2.24) is 9.88 Å². The number of pyridine rings is 1. The molecule has 1 aromatic rings. The van der Waals surface area contributed by atoms with Crippen molar-refractivity contribution in [1.29, 1.82) is 0 Å². The lowest BCUT2D eigenvalue weighted by molar-refractivity contribution is 0.0697. The third-order valence-corrected chi connectivity index (χ3v) is 3.30. The van der Waals surface area contributed by atoms with Gasteiger partial charge in [-0.3, -0.25) is 4.79 Å². The molecule has 1 aromatic heterocycles. The van der Waals surface area contributed by atoms with Gasteiger partial charge in [0.25, 0.3) is 5.91 Å². The monoisotopic (exact) mass is 278 g/mol. The molecule has 3 N–H and O–H groups in total. The summed E-state index contributed by atoms with van der Waals surface area (Å²) in [7, 11) is 3.24. The quantitative estimate of drug-likeness (QED) is 0.842. The number of nitrogen functional groups attached to an aromatic ring is 1. The first-order valence-electron chi connectivity index (χ1n) is 6.42. The van der Waals surface area contributed by atoms with E-state index in [1.165, 1.54) is 11.0 Å². The molecule has 0 aliphatic carbocycles. The van der Waals surface area contributed by atoms with Crippen LogP contribution in [0.5, 0.6) is 0 Å². The lowest BCUT2D eigenvalue weighted by Gasteiger charge is -2.22. The molecule has 108 valence electrons. The fraction of sp³-hybridized carbons (Fsp3) is 0.462. The van der Waals surface area contributed by atoms with Crippen molar-refractivity contribution in [2.75, 3.05) is 37.8 Å². The molecule has 1 amide bonds. The van der Waals surface area contributed by atoms with Gasteiger partial charge < -0.3 is 20.6 Å². The number of rotatable bonds is 3. The smallest absolute Gasteiger partial charge is 0.339 e. The maximum Gasteiger partial charge on any atom is 0.339 e. The number of nitrogens with two attached hydrogens (primary N) is 1. The standard InChI is InChI=1S/C13H18N4O3/c1-16(2)12(18)9-7-8(13(19)20)10(14)15-11(9)17-5-3-4-6-17/h7H,3-6H2,1-2H3,(H2,14,15)(H,19,20). The molecule has 7 heteroatoms. The zero-order valence-corrected chi connectivity index (χ0v) is 11.6. The number of hydrogen-bond acceptors (Lipinski definition) is 5. The van der Waals surface area contributed by atoms with Crippen molar-refractivity contribution in [3.63, 3.8) is 0 Å². The summed E-state index contributed by atoms with van der Waals surface area (Å²) in [6.45, 7) is 1.60. The SMILES string of the molecule is CN(C)C(=O)c1cc(C(=O)O)c(N)nc1N1CCCC1. The van der Waals surface area contributed by atoms with Crippen LogP contribution < -0.4 is 10.6 Å². The minimum absolute atomic E-state index is 0.0605. The van der Waals surface area contributed by atoms with E-state index in [2.05, 4.69) is 4.98 Å². The number of carbonyl (C=O) groups is 2. The van der Waals surface area contributed by atoms with E-state index in [1.54, 1.807) is 14.1 Å². The molecule has 1 fully saturated rings. The molecule has 2 rings (SSSR count). The number of hydrogen-bond donors (Lipinski definition) is 2. The molecule has 0 radical (unpaired) electrons. The molecule has 2 heterocycles. The number of aromatic nitrogens is 1. The van der Waals surface area contributed by atoms with E-state index in [0.29, 0.717) is 5.82 Å². The molecule has 1 saturated heterocycles. The van der Waals surface area contributed by atoms with Gasteiger partial charge in [0, 0.05) is 27.2 Å². The van der Waals surface area contributed by atoms with Crippen molar-refractivity contribution in [2.24, 2.45) is 0 Å². The van der Waals surface area contributed by atoms with E-state index in [0.717, 1.165) is 25.9 Å². The van der Waals surface area contributed by atoms with Gasteiger partial charge >= 0.3 is 5.97 Å². The summed E-state index contributed by atoms with van der Waals surface area (Å²) in [6.07, 6.45) is 2.05. The molecule has 0 unspecified atom stereocenters. The van der Waals surface area contributed by atoms with Gasteiger partial charge in [-0.25, -0.2) is 9.78 Å². The van der Waals surface area contributed by atoms with Crippen LogP contribution in [0.2, 0.25) is 0 Å². The number of amides is 1. The molecule has 1 aliphatic rings. The molecule has 0 spiro atoms. The lowest BCUT2D eigenvalue weighted by Crippen LogP contribution is -2.28. The molecule has 0 saturated carbocycles. The molecule has 0 bridgehead atoms. The summed E-state index contributed by atoms with van der Waals surface area (Å²) in [5, 5.41) is 9.11. The van der Waals surface area contributed by atoms with Gasteiger partial charge in [0.15, 0.2) is 0 Å². The maximum atomic E-state index is 12.2. The highest BCUT2D eigenvalue weighted by molar-refractivity contribution is 6.03. The fourth-order valence-corrected chi connectivity index (χ4v) is 2.26. The van der Waals surface area contributed by atoms with Gasteiger partial charge in [0.1, 0.15) is 17.2 Å². The first-order chi connectivity index (χ1) is 9.41. The zero-order chi connectivity index (χ0) is 14.9. The second-order valence-corrected chi connectivity index (χ2v) is 4.99. The van der Waals surface area contributed by atoms with Crippen LogP contribution in [0.4, 0.5) is 11.6 Å². The minimum Gasteiger partial charge on any atom is -0.478 e. The van der Waals surface area contributed by atoms with E-state index in [1.807, 2.05) is 4.90 Å². The molecule has 7 nitrogen and oxygen atoms in total. The van der Waals surface area contributed by atoms with Crippen LogP contribution in [-0.2, 0) is 0 Å². The van der Waals surface area contributed by atoms with Crippen LogP contribution in [0.1, 0.15) is 33.6 Å². The minimum atomic E-state index is -1.18. The van der Waals surface area contributed by atoms with E-state index < -0.39 is 5.97 Å². The number of carboxylic acids is 1. The Labute approximate surface area is 117 Å². The van der Waals surface area contributed by atoms with Gasteiger partial charge in [-0.15, -0.1) is 0 Å². The summed E-state index contributed by atoms with van der Waals surface area (Å²) in [5.74, 6) is -1.05. The highest BCUT2D eigenvalue weighted by Gasteiger charge is 2.25. The van der Waals surface area contributed by atoms with Gasteiger partial charge in [-0.1, -0.05) is 0 Å². The topological polar surface area (TPSA) is 99.8 Å². The highest BCUT2D eigenvalue weighted by atomic mass is 16.4. The molecular formula is C13H18N4O3. The largest absolute Gasteiger partial charge is 0.478 e. The van der Waals surface area contributed by atoms with E-state index in [9.17, 15) is 9.59 Å². The average Bonchev–Trinajstić information content (AvgIpc) is 2.90. The molecule has 20 heavy (non-hydrogen) atoms. The summed E-state index contributed by atoms with van der Waals surface area (Å²) < 4.78 is 0. The first-order valence-corrected chi connectivity index (χ1v) is 6.42. The highest BCUT2D eigenvalue weighted by Crippen LogP contribution is 2.27. The number of anilines is 2. The first kappa shape index (κ1) is 14.1. The van der Waals surface area contributed by atoms with Crippen LogP contribution in [0.25, 0.3) is 0 Å². The maximum absolute atomic E-state index is 12.2. The Morgan fingerprint density at radius 2 is 1.90 bits per heavy atom. The Bertz CT molecular complexity index is 551. The molecular weight excluding hydrogens is 260 g/mol. The van der Waals surface area contributed by atoms with Crippen molar-refractivity contribution in [3.8, 4) is 0 Å². The lowest BCUT2D eigenvalue weighted by atomic mass is 10.1. The van der Waals surface area contributed by atoms with Gasteiger partial charge in [0.05, 0.1) is 5.56 Å². The third-order valence-electron chi connectivity index (χ3n) is 3.30. The Morgan fingerprint density at radius 3 is 2.40 bits per heavy atom. The predicted octanol–water partition coefficient (Wildman–Crippen LogP) is 0.664. The Balaban J connectivity index is 2.56. The summed E-state index contributed by atoms with van der Waals surface area (Å²) in [5.41, 5.74) is 5.83. The summed E-state index contributed by atoms with van der Waals surface area (Å²) >= 11 is 0. The van der Waals surface area contributed by atoms with Crippen LogP contribution in [0, 0.1) is 0 Å². The van der Waals surface area contributed by atoms with E-state index in [-0.39, 0.29) is 22.9 Å². The normalized spacial score (nSPS) is 14.4. The zero-order valence-electron chi connectivity index (χ0n) is 11.6. The Morgan fingerprint density at radius 1 is 1.30 bits per heavy atom. The van der Waals surface area contributed by atoms with Crippen LogP contribution in [0.3, 0.4) is 0 Å². The molecule has 0 atom stereocenters. The fourth-order valence-electron chi connectivity index (χ4n) is 2.26. The second kappa shape index (κ2) is 5.36.